The lowest BCUT2D eigenvalue weighted by Gasteiger charge is -2.45. The van der Waals surface area contributed by atoms with Crippen molar-refractivity contribution >= 4 is 44.6 Å². The molecule has 0 radical (unpaired) electrons. The van der Waals surface area contributed by atoms with Gasteiger partial charge >= 0.3 is 0 Å². The second-order valence-corrected chi connectivity index (χ2v) is 13.6. The quantitative estimate of drug-likeness (QED) is 0.468. The fraction of sp³-hybridized carbons (Fsp3) is 0.478. The van der Waals surface area contributed by atoms with Gasteiger partial charge in [0.25, 0.3) is 0 Å². The number of nitrogens with zero attached hydrogens (tertiary/aromatic N) is 1. The molecule has 2 aliphatic heterocycles. The van der Waals surface area contributed by atoms with Crippen molar-refractivity contribution in [1.29, 1.82) is 0 Å². The number of piperidine rings is 1. The van der Waals surface area contributed by atoms with Crippen molar-refractivity contribution in [2.75, 3.05) is 25.9 Å². The van der Waals surface area contributed by atoms with E-state index < -0.39 is 36.6 Å². The van der Waals surface area contributed by atoms with Crippen LogP contribution in [0.15, 0.2) is 30.3 Å². The number of aryl methyl sites for hydroxylation is 1. The zero-order valence-corrected chi connectivity index (χ0v) is 21.1. The minimum absolute atomic E-state index is 0.260. The molecule has 1 saturated heterocycles. The van der Waals surface area contributed by atoms with Crippen molar-refractivity contribution < 1.29 is 21.9 Å². The first-order valence-electron chi connectivity index (χ1n) is 10.6. The Balaban J connectivity index is 1.50. The maximum Gasteiger partial charge on any atom is 0.203 e. The highest BCUT2D eigenvalue weighted by Gasteiger charge is 2.40. The van der Waals surface area contributed by atoms with E-state index in [1.165, 1.54) is 12.1 Å². The molecule has 1 fully saturated rings. The summed E-state index contributed by atoms with van der Waals surface area (Å²) < 4.78 is 57.0. The van der Waals surface area contributed by atoms with Gasteiger partial charge in [-0.1, -0.05) is 40.9 Å². The van der Waals surface area contributed by atoms with Crippen molar-refractivity contribution in [3.8, 4) is 16.9 Å². The van der Waals surface area contributed by atoms with E-state index in [-0.39, 0.29) is 5.60 Å². The Bertz CT molecular complexity index is 1140. The van der Waals surface area contributed by atoms with Crippen molar-refractivity contribution in [2.24, 2.45) is 0 Å². The lowest BCUT2D eigenvalue weighted by molar-refractivity contribution is -0.0139. The Labute approximate surface area is 207 Å². The van der Waals surface area contributed by atoms with E-state index in [0.717, 1.165) is 56.3 Å². The largest absolute Gasteiger partial charge is 0.487 e. The summed E-state index contributed by atoms with van der Waals surface area (Å²) in [5.74, 6) is -1.64. The Morgan fingerprint density at radius 2 is 1.67 bits per heavy atom. The molecule has 0 aromatic heterocycles. The summed E-state index contributed by atoms with van der Waals surface area (Å²) in [6, 6.07) is 7.83. The third kappa shape index (κ3) is 6.12. The van der Waals surface area contributed by atoms with Gasteiger partial charge in [-0.15, -0.1) is 0 Å². The molecule has 0 amide bonds. The number of sulfone groups is 1. The van der Waals surface area contributed by atoms with Crippen molar-refractivity contribution in [2.45, 2.75) is 40.8 Å². The van der Waals surface area contributed by atoms with E-state index in [9.17, 15) is 17.2 Å². The zero-order valence-electron chi connectivity index (χ0n) is 18.0. The highest BCUT2D eigenvalue weighted by atomic mass is 35.6. The highest BCUT2D eigenvalue weighted by Crippen LogP contribution is 2.41. The molecule has 0 unspecified atom stereocenters. The monoisotopic (exact) mass is 537 g/mol. The van der Waals surface area contributed by atoms with Gasteiger partial charge in [0, 0.05) is 31.5 Å². The van der Waals surface area contributed by atoms with Crippen LogP contribution in [0, 0.1) is 11.6 Å². The average molecular weight is 539 g/mol. The minimum Gasteiger partial charge on any atom is -0.487 e. The smallest absolute Gasteiger partial charge is 0.203 e. The van der Waals surface area contributed by atoms with Gasteiger partial charge in [-0.05, 0) is 66.6 Å². The number of ether oxygens (including phenoxy) is 1. The van der Waals surface area contributed by atoms with E-state index >= 15 is 0 Å². The molecule has 0 aliphatic carbocycles. The normalized spacial score (nSPS) is 18.7. The summed E-state index contributed by atoms with van der Waals surface area (Å²) in [6.07, 6.45) is 4.22. The molecule has 2 heterocycles. The van der Waals surface area contributed by atoms with Gasteiger partial charge in [-0.25, -0.2) is 17.2 Å². The van der Waals surface area contributed by atoms with E-state index in [1.807, 2.05) is 12.1 Å². The summed E-state index contributed by atoms with van der Waals surface area (Å²) in [5, 5.41) is 0. The van der Waals surface area contributed by atoms with Crippen LogP contribution in [0.4, 0.5) is 8.78 Å². The molecule has 0 N–H and O–H groups in total. The standard InChI is InChI=1S/C23H24Cl3F2NO3S/c1-33(30,31)13-18-19(27)11-17(12-20(18)28)15-2-3-21-16(10-15)4-5-22(32-21)6-8-29(9-7-22)14-23(24,25)26/h2-3,10-12H,4-9,13-14H2,1H3. The lowest BCUT2D eigenvalue weighted by atomic mass is 9.82. The molecule has 2 aromatic rings. The van der Waals surface area contributed by atoms with Crippen molar-refractivity contribution in [3.05, 3.63) is 53.1 Å². The topological polar surface area (TPSA) is 46.6 Å². The summed E-state index contributed by atoms with van der Waals surface area (Å²) in [4.78, 5) is 2.12. The van der Waals surface area contributed by atoms with Gasteiger partial charge < -0.3 is 4.74 Å². The third-order valence-electron chi connectivity index (χ3n) is 6.29. The van der Waals surface area contributed by atoms with Crippen molar-refractivity contribution in [1.82, 2.24) is 4.90 Å². The van der Waals surface area contributed by atoms with Crippen LogP contribution in [0.5, 0.6) is 5.75 Å². The molecule has 1 spiro atoms. The molecular formula is C23H24Cl3F2NO3S. The molecule has 180 valence electrons. The van der Waals surface area contributed by atoms with Crippen LogP contribution < -0.4 is 4.74 Å². The number of likely N-dealkylation sites (tertiary alicyclic amines) is 1. The first-order chi connectivity index (χ1) is 15.3. The number of alkyl halides is 3. The molecule has 2 aromatic carbocycles. The third-order valence-corrected chi connectivity index (χ3v) is 7.46. The maximum absolute atomic E-state index is 14.5. The number of benzene rings is 2. The second-order valence-electron chi connectivity index (χ2n) is 8.99. The van der Waals surface area contributed by atoms with E-state index in [2.05, 4.69) is 4.90 Å². The lowest BCUT2D eigenvalue weighted by Crippen LogP contribution is -2.51. The summed E-state index contributed by atoms with van der Waals surface area (Å²) in [7, 11) is -3.56. The van der Waals surface area contributed by atoms with Gasteiger partial charge in [-0.2, -0.15) is 0 Å². The summed E-state index contributed by atoms with van der Waals surface area (Å²) in [6.45, 7) is 1.93. The summed E-state index contributed by atoms with van der Waals surface area (Å²) in [5.41, 5.74) is 1.28. The van der Waals surface area contributed by atoms with Crippen LogP contribution in [-0.2, 0) is 22.0 Å². The Hall–Kier alpha value is -1.12. The summed E-state index contributed by atoms with van der Waals surface area (Å²) >= 11 is 17.7. The molecule has 10 heteroatoms. The number of rotatable bonds is 4. The number of hydrogen-bond donors (Lipinski definition) is 0. The van der Waals surface area contributed by atoms with Crippen LogP contribution in [0.2, 0.25) is 0 Å². The Morgan fingerprint density at radius 3 is 2.24 bits per heavy atom. The predicted octanol–water partition coefficient (Wildman–Crippen LogP) is 5.71. The molecule has 2 aliphatic rings. The van der Waals surface area contributed by atoms with Crippen LogP contribution in [0.1, 0.15) is 30.4 Å². The van der Waals surface area contributed by atoms with Gasteiger partial charge in [0.1, 0.15) is 23.0 Å². The maximum atomic E-state index is 14.5. The Morgan fingerprint density at radius 1 is 1.03 bits per heavy atom. The zero-order chi connectivity index (χ0) is 24.0. The number of hydrogen-bond acceptors (Lipinski definition) is 4. The van der Waals surface area contributed by atoms with Gasteiger partial charge in [0.05, 0.1) is 5.75 Å². The fourth-order valence-electron chi connectivity index (χ4n) is 4.59. The number of halogens is 5. The molecule has 0 bridgehead atoms. The van der Waals surface area contributed by atoms with E-state index in [1.54, 1.807) is 6.07 Å². The Kier molecular flexibility index (Phi) is 6.93. The van der Waals surface area contributed by atoms with Crippen LogP contribution >= 0.6 is 34.8 Å². The SMILES string of the molecule is CS(=O)(=O)Cc1c(F)cc(-c2ccc3c(c2)CCC2(CCN(CC(Cl)(Cl)Cl)CC2)O3)cc1F. The fourth-order valence-corrected chi connectivity index (χ4v) is 5.90. The van der Waals surface area contributed by atoms with Crippen LogP contribution in [0.25, 0.3) is 11.1 Å². The molecule has 0 atom stereocenters. The molecule has 4 rings (SSSR count). The first kappa shape index (κ1) is 25.0. The predicted molar refractivity (Wildman–Crippen MR) is 128 cm³/mol. The highest BCUT2D eigenvalue weighted by molar-refractivity contribution is 7.89. The number of fused-ring (bicyclic) bond motifs is 1. The molecule has 0 saturated carbocycles. The molecular weight excluding hydrogens is 515 g/mol. The van der Waals surface area contributed by atoms with E-state index in [0.29, 0.717) is 17.7 Å². The van der Waals surface area contributed by atoms with Gasteiger partial charge in [-0.3, -0.25) is 4.90 Å². The molecule has 4 nitrogen and oxygen atoms in total. The second kappa shape index (κ2) is 9.15. The molecule has 33 heavy (non-hydrogen) atoms. The van der Waals surface area contributed by atoms with Crippen LogP contribution in [-0.4, -0.2) is 48.6 Å². The van der Waals surface area contributed by atoms with Gasteiger partial charge in [0.15, 0.2) is 9.84 Å². The van der Waals surface area contributed by atoms with Crippen molar-refractivity contribution in [3.63, 3.8) is 0 Å². The minimum atomic E-state index is -3.56. The van der Waals surface area contributed by atoms with Crippen LogP contribution in [0.3, 0.4) is 0 Å². The van der Waals surface area contributed by atoms with E-state index in [4.69, 9.17) is 39.5 Å². The van der Waals surface area contributed by atoms with Gasteiger partial charge in [0.2, 0.25) is 3.79 Å². The average Bonchev–Trinajstić information content (AvgIpc) is 2.70. The first-order valence-corrected chi connectivity index (χ1v) is 13.8.